The van der Waals surface area contributed by atoms with Crippen molar-refractivity contribution in [1.82, 2.24) is 5.32 Å². The molecule has 5 N–H and O–H groups in total. The van der Waals surface area contributed by atoms with Crippen LogP contribution in [-0.4, -0.2) is 24.5 Å². The van der Waals surface area contributed by atoms with E-state index in [9.17, 15) is 4.79 Å². The van der Waals surface area contributed by atoms with Crippen molar-refractivity contribution in [2.75, 3.05) is 6.54 Å². The lowest BCUT2D eigenvalue weighted by atomic mass is 10.2. The molecule has 1 saturated heterocycles. The van der Waals surface area contributed by atoms with Crippen molar-refractivity contribution in [2.45, 2.75) is 25.3 Å². The Morgan fingerprint density at radius 1 is 1.67 bits per heavy atom. The van der Waals surface area contributed by atoms with Crippen molar-refractivity contribution in [3.05, 3.63) is 0 Å². The Kier molecular flexibility index (Phi) is 2.90. The van der Waals surface area contributed by atoms with Crippen LogP contribution < -0.4 is 16.8 Å². The van der Waals surface area contributed by atoms with Crippen LogP contribution >= 0.6 is 0 Å². The van der Waals surface area contributed by atoms with Crippen molar-refractivity contribution < 1.29 is 4.79 Å². The molecule has 1 rings (SSSR count). The fraction of sp³-hybridized carbons (Fsp3) is 0.714. The van der Waals surface area contributed by atoms with E-state index >= 15 is 0 Å². The molecule has 68 valence electrons. The summed E-state index contributed by atoms with van der Waals surface area (Å²) in [4.78, 5) is 14.6. The summed E-state index contributed by atoms with van der Waals surface area (Å²) in [5.41, 5.74) is 10.3. The number of carbonyl (C=O) groups is 1. The minimum absolute atomic E-state index is 0.110. The highest BCUT2D eigenvalue weighted by atomic mass is 16.1. The van der Waals surface area contributed by atoms with Crippen LogP contribution in [0, 0.1) is 0 Å². The standard InChI is InChI=1S/C7H14N4O/c8-7(9)10-4-3-5-1-2-6(12)11-5/h5H,1-4H2,(H,11,12)(H4,8,9,10). The predicted octanol–water partition coefficient (Wildman–Crippen LogP) is -1.07. The molecule has 1 unspecified atom stereocenters. The number of hydrogen-bond acceptors (Lipinski definition) is 2. The molecular weight excluding hydrogens is 156 g/mol. The fourth-order valence-corrected chi connectivity index (χ4v) is 1.24. The van der Waals surface area contributed by atoms with E-state index in [4.69, 9.17) is 11.5 Å². The Balaban J connectivity index is 2.16. The van der Waals surface area contributed by atoms with Gasteiger partial charge in [-0.05, 0) is 12.8 Å². The molecule has 0 radical (unpaired) electrons. The fourth-order valence-electron chi connectivity index (χ4n) is 1.24. The van der Waals surface area contributed by atoms with E-state index in [0.29, 0.717) is 13.0 Å². The molecule has 1 amide bonds. The SMILES string of the molecule is NC(N)=NCCC1CCC(=O)N1. The number of nitrogens with one attached hydrogen (secondary N) is 1. The van der Waals surface area contributed by atoms with Gasteiger partial charge in [0.1, 0.15) is 0 Å². The first-order valence-electron chi connectivity index (χ1n) is 4.03. The van der Waals surface area contributed by atoms with E-state index in [0.717, 1.165) is 12.8 Å². The summed E-state index contributed by atoms with van der Waals surface area (Å²) < 4.78 is 0. The van der Waals surface area contributed by atoms with Crippen LogP contribution in [0.4, 0.5) is 0 Å². The Morgan fingerprint density at radius 2 is 2.42 bits per heavy atom. The van der Waals surface area contributed by atoms with Crippen LogP contribution in [0.3, 0.4) is 0 Å². The molecule has 0 spiro atoms. The van der Waals surface area contributed by atoms with Crippen molar-refractivity contribution in [1.29, 1.82) is 0 Å². The molecule has 12 heavy (non-hydrogen) atoms. The first kappa shape index (κ1) is 8.83. The van der Waals surface area contributed by atoms with E-state index in [2.05, 4.69) is 10.3 Å². The number of nitrogens with zero attached hydrogens (tertiary/aromatic N) is 1. The van der Waals surface area contributed by atoms with Crippen LogP contribution in [0.5, 0.6) is 0 Å². The van der Waals surface area contributed by atoms with Gasteiger partial charge in [-0.15, -0.1) is 0 Å². The van der Waals surface area contributed by atoms with Crippen LogP contribution in [-0.2, 0) is 4.79 Å². The molecule has 1 aliphatic rings. The van der Waals surface area contributed by atoms with Gasteiger partial charge in [0.15, 0.2) is 5.96 Å². The van der Waals surface area contributed by atoms with Crippen molar-refractivity contribution in [3.8, 4) is 0 Å². The van der Waals surface area contributed by atoms with Gasteiger partial charge in [0.2, 0.25) is 5.91 Å². The van der Waals surface area contributed by atoms with Crippen LogP contribution in [0.1, 0.15) is 19.3 Å². The highest BCUT2D eigenvalue weighted by Gasteiger charge is 2.19. The summed E-state index contributed by atoms with van der Waals surface area (Å²) >= 11 is 0. The third kappa shape index (κ3) is 2.77. The molecule has 0 saturated carbocycles. The largest absolute Gasteiger partial charge is 0.370 e. The molecule has 5 nitrogen and oxygen atoms in total. The van der Waals surface area contributed by atoms with Gasteiger partial charge in [0, 0.05) is 19.0 Å². The molecule has 0 aromatic rings. The summed E-state index contributed by atoms with van der Waals surface area (Å²) in [6.07, 6.45) is 2.36. The normalized spacial score (nSPS) is 22.0. The number of aliphatic imine (C=N–C) groups is 1. The van der Waals surface area contributed by atoms with Crippen LogP contribution in [0.2, 0.25) is 0 Å². The molecule has 0 aliphatic carbocycles. The zero-order chi connectivity index (χ0) is 8.97. The van der Waals surface area contributed by atoms with E-state index in [1.807, 2.05) is 0 Å². The summed E-state index contributed by atoms with van der Waals surface area (Å²) in [7, 11) is 0. The molecule has 0 bridgehead atoms. The lowest BCUT2D eigenvalue weighted by Crippen LogP contribution is -2.27. The number of hydrogen-bond donors (Lipinski definition) is 3. The van der Waals surface area contributed by atoms with Crippen molar-refractivity contribution in [2.24, 2.45) is 16.5 Å². The quantitative estimate of drug-likeness (QED) is 0.372. The van der Waals surface area contributed by atoms with E-state index in [-0.39, 0.29) is 17.9 Å². The molecule has 1 atom stereocenters. The molecule has 1 fully saturated rings. The first-order chi connectivity index (χ1) is 5.68. The van der Waals surface area contributed by atoms with Gasteiger partial charge in [-0.25, -0.2) is 0 Å². The second kappa shape index (κ2) is 3.94. The topological polar surface area (TPSA) is 93.5 Å². The first-order valence-corrected chi connectivity index (χ1v) is 4.03. The predicted molar refractivity (Wildman–Crippen MR) is 46.5 cm³/mol. The maximum Gasteiger partial charge on any atom is 0.220 e. The number of nitrogens with two attached hydrogens (primary N) is 2. The minimum Gasteiger partial charge on any atom is -0.370 e. The van der Waals surface area contributed by atoms with Crippen LogP contribution in [0.15, 0.2) is 4.99 Å². The number of carbonyl (C=O) groups excluding carboxylic acids is 1. The maximum atomic E-state index is 10.8. The summed E-state index contributed by atoms with van der Waals surface area (Å²) in [6, 6.07) is 0.264. The minimum atomic E-state index is 0.110. The van der Waals surface area contributed by atoms with Crippen molar-refractivity contribution >= 4 is 11.9 Å². The molecule has 5 heteroatoms. The van der Waals surface area contributed by atoms with Gasteiger partial charge in [0.05, 0.1) is 0 Å². The molecule has 0 aromatic carbocycles. The van der Waals surface area contributed by atoms with Gasteiger partial charge in [-0.2, -0.15) is 0 Å². The third-order valence-corrected chi connectivity index (χ3v) is 1.86. The van der Waals surface area contributed by atoms with Gasteiger partial charge in [-0.1, -0.05) is 0 Å². The Bertz CT molecular complexity index is 198. The average Bonchev–Trinajstić information content (AvgIpc) is 2.35. The molecule has 0 aromatic heterocycles. The molecule has 1 aliphatic heterocycles. The smallest absolute Gasteiger partial charge is 0.220 e. The van der Waals surface area contributed by atoms with Crippen molar-refractivity contribution in [3.63, 3.8) is 0 Å². The zero-order valence-electron chi connectivity index (χ0n) is 6.92. The second-order valence-corrected chi connectivity index (χ2v) is 2.90. The lowest BCUT2D eigenvalue weighted by molar-refractivity contribution is -0.119. The van der Waals surface area contributed by atoms with Gasteiger partial charge in [0.25, 0.3) is 0 Å². The Labute approximate surface area is 71.2 Å². The summed E-state index contributed by atoms with van der Waals surface area (Å²) in [5.74, 6) is 0.240. The average molecular weight is 170 g/mol. The highest BCUT2D eigenvalue weighted by molar-refractivity contribution is 5.78. The van der Waals surface area contributed by atoms with E-state index < -0.39 is 0 Å². The maximum absolute atomic E-state index is 10.8. The van der Waals surface area contributed by atoms with Gasteiger partial charge in [-0.3, -0.25) is 9.79 Å². The van der Waals surface area contributed by atoms with Gasteiger partial charge < -0.3 is 16.8 Å². The summed E-state index contributed by atoms with van der Waals surface area (Å²) in [5, 5.41) is 2.84. The number of amides is 1. The molecule has 1 heterocycles. The van der Waals surface area contributed by atoms with E-state index in [1.165, 1.54) is 0 Å². The summed E-state index contributed by atoms with van der Waals surface area (Å²) in [6.45, 7) is 0.591. The van der Waals surface area contributed by atoms with Crippen LogP contribution in [0.25, 0.3) is 0 Å². The van der Waals surface area contributed by atoms with Gasteiger partial charge >= 0.3 is 0 Å². The zero-order valence-corrected chi connectivity index (χ0v) is 6.92. The number of guanidine groups is 1. The Hall–Kier alpha value is -1.26. The highest BCUT2D eigenvalue weighted by Crippen LogP contribution is 2.09. The lowest BCUT2D eigenvalue weighted by Gasteiger charge is -2.06. The molecular formula is C7H14N4O. The van der Waals surface area contributed by atoms with E-state index in [1.54, 1.807) is 0 Å². The third-order valence-electron chi connectivity index (χ3n) is 1.86. The second-order valence-electron chi connectivity index (χ2n) is 2.90. The monoisotopic (exact) mass is 170 g/mol. The number of rotatable bonds is 3. The Morgan fingerprint density at radius 3 is 2.92 bits per heavy atom.